The van der Waals surface area contributed by atoms with Gasteiger partial charge in [0.1, 0.15) is 0 Å². The molecule has 0 radical (unpaired) electrons. The third-order valence-corrected chi connectivity index (χ3v) is 5.26. The molecule has 0 N–H and O–H groups in total. The van der Waals surface area contributed by atoms with Crippen molar-refractivity contribution >= 4 is 0 Å². The van der Waals surface area contributed by atoms with Crippen LogP contribution in [0.5, 0.6) is 0 Å². The highest BCUT2D eigenvalue weighted by Crippen LogP contribution is 2.43. The molecule has 1 aliphatic rings. The molecule has 2 rings (SSSR count). The minimum Gasteiger partial charge on any atom is -0.0654 e. The van der Waals surface area contributed by atoms with Gasteiger partial charge in [-0.2, -0.15) is 0 Å². The van der Waals surface area contributed by atoms with Gasteiger partial charge in [-0.3, -0.25) is 0 Å². The average molecular weight is 287 g/mol. The Hall–Kier alpha value is -0.780. The Balaban J connectivity index is 1.56. The lowest BCUT2D eigenvalue weighted by Crippen LogP contribution is -1.93. The van der Waals surface area contributed by atoms with Gasteiger partial charge < -0.3 is 0 Å². The predicted octanol–water partition coefficient (Wildman–Crippen LogP) is 7.20. The van der Waals surface area contributed by atoms with Crippen molar-refractivity contribution < 1.29 is 0 Å². The minimum absolute atomic E-state index is 0.782. The smallest absolute Gasteiger partial charge is 0.0153 e. The standard InChI is InChI=1S/C21H34/c1-3-4-5-6-7-8-9-10-11-14-19-17-18(2)20-15-12-13-16-21(19)20/h12-13,15-16,18-19H,3-11,14,17H2,1-2H3/t18-,19-/m1/s1. The summed E-state index contributed by atoms with van der Waals surface area (Å²) < 4.78 is 0. The van der Waals surface area contributed by atoms with Crippen LogP contribution in [-0.2, 0) is 0 Å². The Morgan fingerprint density at radius 1 is 0.810 bits per heavy atom. The van der Waals surface area contributed by atoms with Gasteiger partial charge in [0.05, 0.1) is 0 Å². The maximum Gasteiger partial charge on any atom is -0.0153 e. The van der Waals surface area contributed by atoms with Gasteiger partial charge in [0.2, 0.25) is 0 Å². The molecule has 0 saturated carbocycles. The first-order valence-electron chi connectivity index (χ1n) is 9.41. The highest BCUT2D eigenvalue weighted by Gasteiger charge is 2.26. The highest BCUT2D eigenvalue weighted by molar-refractivity contribution is 5.37. The maximum absolute atomic E-state index is 2.40. The molecule has 0 unspecified atom stereocenters. The second-order valence-corrected chi connectivity index (χ2v) is 7.08. The fourth-order valence-corrected chi connectivity index (χ4v) is 3.99. The zero-order valence-corrected chi connectivity index (χ0v) is 14.2. The van der Waals surface area contributed by atoms with E-state index in [-0.39, 0.29) is 0 Å². The zero-order chi connectivity index (χ0) is 14.9. The van der Waals surface area contributed by atoms with Crippen LogP contribution in [0, 0.1) is 0 Å². The van der Waals surface area contributed by atoms with Crippen LogP contribution in [0.1, 0.15) is 107 Å². The van der Waals surface area contributed by atoms with Gasteiger partial charge in [0.15, 0.2) is 0 Å². The summed E-state index contributed by atoms with van der Waals surface area (Å²) in [5, 5.41) is 0. The second-order valence-electron chi connectivity index (χ2n) is 7.08. The van der Waals surface area contributed by atoms with Crippen molar-refractivity contribution in [1.82, 2.24) is 0 Å². The second kappa shape index (κ2) is 9.28. The lowest BCUT2D eigenvalue weighted by Gasteiger charge is -2.11. The zero-order valence-electron chi connectivity index (χ0n) is 14.2. The third kappa shape index (κ3) is 5.16. The molecule has 0 heteroatoms. The van der Waals surface area contributed by atoms with E-state index in [4.69, 9.17) is 0 Å². The molecule has 1 aromatic carbocycles. The summed E-state index contributed by atoms with van der Waals surface area (Å²) in [6, 6.07) is 9.14. The lowest BCUT2D eigenvalue weighted by molar-refractivity contribution is 0.512. The summed E-state index contributed by atoms with van der Waals surface area (Å²) >= 11 is 0. The van der Waals surface area contributed by atoms with E-state index in [9.17, 15) is 0 Å². The van der Waals surface area contributed by atoms with Crippen molar-refractivity contribution in [2.45, 2.75) is 96.3 Å². The molecular weight excluding hydrogens is 252 g/mol. The summed E-state index contributed by atoms with van der Waals surface area (Å²) in [5.41, 5.74) is 3.28. The molecule has 0 amide bonds. The number of fused-ring (bicyclic) bond motifs is 1. The van der Waals surface area contributed by atoms with Crippen molar-refractivity contribution in [2.24, 2.45) is 0 Å². The molecule has 0 aliphatic heterocycles. The molecule has 0 spiro atoms. The van der Waals surface area contributed by atoms with Crippen molar-refractivity contribution in [3.8, 4) is 0 Å². The van der Waals surface area contributed by atoms with Crippen LogP contribution in [-0.4, -0.2) is 0 Å². The molecule has 1 aromatic rings. The SMILES string of the molecule is CCCCCCCCCCC[C@@H]1C[C@@H](C)c2ccccc21. The van der Waals surface area contributed by atoms with Crippen LogP contribution in [0.15, 0.2) is 24.3 Å². The molecular formula is C21H34. The number of rotatable bonds is 10. The maximum atomic E-state index is 2.40. The summed E-state index contributed by atoms with van der Waals surface area (Å²) in [6.07, 6.45) is 15.8. The Labute approximate surface area is 132 Å². The summed E-state index contributed by atoms with van der Waals surface area (Å²) in [6.45, 7) is 4.69. The van der Waals surface area contributed by atoms with Gasteiger partial charge >= 0.3 is 0 Å². The van der Waals surface area contributed by atoms with Gasteiger partial charge in [-0.25, -0.2) is 0 Å². The van der Waals surface area contributed by atoms with Gasteiger partial charge in [0.25, 0.3) is 0 Å². The van der Waals surface area contributed by atoms with Crippen molar-refractivity contribution in [3.05, 3.63) is 35.4 Å². The van der Waals surface area contributed by atoms with E-state index in [1.807, 2.05) is 0 Å². The number of hydrogen-bond acceptors (Lipinski definition) is 0. The molecule has 0 fully saturated rings. The van der Waals surface area contributed by atoms with Crippen LogP contribution in [0.3, 0.4) is 0 Å². The van der Waals surface area contributed by atoms with Crippen LogP contribution in [0.4, 0.5) is 0 Å². The van der Waals surface area contributed by atoms with E-state index >= 15 is 0 Å². The molecule has 0 bridgehead atoms. The molecule has 118 valence electrons. The molecule has 0 aromatic heterocycles. The first kappa shape index (κ1) is 16.6. The largest absolute Gasteiger partial charge is 0.0654 e. The van der Waals surface area contributed by atoms with Crippen molar-refractivity contribution in [3.63, 3.8) is 0 Å². The lowest BCUT2D eigenvalue weighted by atomic mass is 9.94. The van der Waals surface area contributed by atoms with E-state index in [1.54, 1.807) is 11.1 Å². The summed E-state index contributed by atoms with van der Waals surface area (Å²) in [5.74, 6) is 1.63. The van der Waals surface area contributed by atoms with Gasteiger partial charge in [0, 0.05) is 0 Å². The predicted molar refractivity (Wildman–Crippen MR) is 94.1 cm³/mol. The van der Waals surface area contributed by atoms with Crippen molar-refractivity contribution in [2.75, 3.05) is 0 Å². The number of hydrogen-bond donors (Lipinski definition) is 0. The topological polar surface area (TPSA) is 0 Å². The Kier molecular flexibility index (Phi) is 7.33. The van der Waals surface area contributed by atoms with Gasteiger partial charge in [-0.05, 0) is 35.8 Å². The third-order valence-electron chi connectivity index (χ3n) is 5.26. The quantitative estimate of drug-likeness (QED) is 0.399. The monoisotopic (exact) mass is 286 g/mol. The molecule has 2 atom stereocenters. The Morgan fingerprint density at radius 3 is 2.05 bits per heavy atom. The van der Waals surface area contributed by atoms with E-state index in [2.05, 4.69) is 38.1 Å². The van der Waals surface area contributed by atoms with Crippen LogP contribution in [0.25, 0.3) is 0 Å². The minimum atomic E-state index is 0.782. The van der Waals surface area contributed by atoms with Crippen LogP contribution < -0.4 is 0 Å². The molecule has 0 nitrogen and oxygen atoms in total. The Morgan fingerprint density at radius 2 is 1.38 bits per heavy atom. The first-order valence-corrected chi connectivity index (χ1v) is 9.41. The molecule has 1 aliphatic carbocycles. The fourth-order valence-electron chi connectivity index (χ4n) is 3.99. The number of benzene rings is 1. The summed E-state index contributed by atoms with van der Waals surface area (Å²) in [7, 11) is 0. The van der Waals surface area contributed by atoms with Crippen LogP contribution in [0.2, 0.25) is 0 Å². The van der Waals surface area contributed by atoms with E-state index < -0.39 is 0 Å². The van der Waals surface area contributed by atoms with Gasteiger partial charge in [-0.15, -0.1) is 0 Å². The first-order chi connectivity index (χ1) is 10.3. The highest BCUT2D eigenvalue weighted by atomic mass is 14.3. The Bertz CT molecular complexity index is 393. The molecule has 21 heavy (non-hydrogen) atoms. The normalized spacial score (nSPS) is 20.7. The van der Waals surface area contributed by atoms with E-state index in [1.165, 1.54) is 70.6 Å². The summed E-state index contributed by atoms with van der Waals surface area (Å²) in [4.78, 5) is 0. The van der Waals surface area contributed by atoms with Crippen LogP contribution >= 0.6 is 0 Å². The molecule has 0 heterocycles. The molecule has 0 saturated heterocycles. The fraction of sp³-hybridized carbons (Fsp3) is 0.714. The average Bonchev–Trinajstić information content (AvgIpc) is 2.83. The van der Waals surface area contributed by atoms with Gasteiger partial charge in [-0.1, -0.05) is 95.9 Å². The van der Waals surface area contributed by atoms with E-state index in [0.29, 0.717) is 0 Å². The van der Waals surface area contributed by atoms with Crippen molar-refractivity contribution in [1.29, 1.82) is 0 Å². The van der Waals surface area contributed by atoms with E-state index in [0.717, 1.165) is 11.8 Å². The number of unbranched alkanes of at least 4 members (excludes halogenated alkanes) is 8.